The Bertz CT molecular complexity index is 836. The number of nitrogens with zero attached hydrogens (tertiary/aromatic N) is 2. The van der Waals surface area contributed by atoms with Gasteiger partial charge in [0.15, 0.2) is 0 Å². The average Bonchev–Trinajstić information content (AvgIpc) is 2.88. The highest BCUT2D eigenvalue weighted by Gasteiger charge is 2.17. The van der Waals surface area contributed by atoms with Gasteiger partial charge in [0.1, 0.15) is 5.60 Å². The van der Waals surface area contributed by atoms with Crippen LogP contribution in [0.3, 0.4) is 0 Å². The number of hydrogen-bond donors (Lipinski definition) is 2. The van der Waals surface area contributed by atoms with Crippen LogP contribution in [0.5, 0.6) is 0 Å². The lowest BCUT2D eigenvalue weighted by atomic mass is 10.1. The van der Waals surface area contributed by atoms with E-state index in [-0.39, 0.29) is 11.8 Å². The maximum atomic E-state index is 12.5. The van der Waals surface area contributed by atoms with E-state index in [0.717, 1.165) is 17.9 Å². The average molecular weight is 386 g/mol. The summed E-state index contributed by atoms with van der Waals surface area (Å²) in [4.78, 5) is 24.3. The number of carbonyl (C=O) groups excluding carboxylic acids is 2. The van der Waals surface area contributed by atoms with Gasteiger partial charge in [-0.15, -0.1) is 0 Å². The van der Waals surface area contributed by atoms with Crippen molar-refractivity contribution in [2.75, 3.05) is 11.9 Å². The first kappa shape index (κ1) is 21.5. The molecule has 0 aliphatic carbocycles. The number of anilines is 1. The van der Waals surface area contributed by atoms with Crippen LogP contribution in [-0.4, -0.2) is 33.9 Å². The van der Waals surface area contributed by atoms with Gasteiger partial charge >= 0.3 is 6.09 Å². The van der Waals surface area contributed by atoms with Gasteiger partial charge in [0.2, 0.25) is 0 Å². The largest absolute Gasteiger partial charge is 0.444 e. The Morgan fingerprint density at radius 3 is 2.54 bits per heavy atom. The van der Waals surface area contributed by atoms with Crippen LogP contribution in [-0.2, 0) is 11.3 Å². The maximum Gasteiger partial charge on any atom is 0.412 e. The molecule has 1 heterocycles. The van der Waals surface area contributed by atoms with Gasteiger partial charge in [-0.3, -0.25) is 14.8 Å². The van der Waals surface area contributed by atoms with Crippen LogP contribution in [0, 0.1) is 19.8 Å². The quantitative estimate of drug-likeness (QED) is 0.788. The van der Waals surface area contributed by atoms with E-state index in [4.69, 9.17) is 4.74 Å². The Labute approximate surface area is 166 Å². The third-order valence-electron chi connectivity index (χ3n) is 3.97. The molecule has 0 fully saturated rings. The molecule has 0 saturated carbocycles. The summed E-state index contributed by atoms with van der Waals surface area (Å²) in [6.07, 6.45) is -0.552. The fourth-order valence-electron chi connectivity index (χ4n) is 2.75. The van der Waals surface area contributed by atoms with Crippen molar-refractivity contribution in [2.24, 2.45) is 5.92 Å². The summed E-state index contributed by atoms with van der Waals surface area (Å²) < 4.78 is 7.19. The fraction of sp³-hybridized carbons (Fsp3) is 0.476. The van der Waals surface area contributed by atoms with Crippen molar-refractivity contribution in [1.82, 2.24) is 15.1 Å². The van der Waals surface area contributed by atoms with Gasteiger partial charge in [0.25, 0.3) is 5.91 Å². The number of ether oxygens (including phenoxy) is 1. The van der Waals surface area contributed by atoms with Crippen LogP contribution >= 0.6 is 0 Å². The number of hydrogen-bond acceptors (Lipinski definition) is 4. The van der Waals surface area contributed by atoms with Crippen LogP contribution in [0.2, 0.25) is 0 Å². The predicted molar refractivity (Wildman–Crippen MR) is 109 cm³/mol. The van der Waals surface area contributed by atoms with Crippen LogP contribution in [0.25, 0.3) is 0 Å². The summed E-state index contributed by atoms with van der Waals surface area (Å²) in [7, 11) is 0. The van der Waals surface area contributed by atoms with Gasteiger partial charge < -0.3 is 10.1 Å². The van der Waals surface area contributed by atoms with E-state index in [9.17, 15) is 9.59 Å². The van der Waals surface area contributed by atoms with E-state index >= 15 is 0 Å². The molecule has 2 amide bonds. The highest BCUT2D eigenvalue weighted by atomic mass is 16.6. The van der Waals surface area contributed by atoms with E-state index in [1.165, 1.54) is 0 Å². The molecule has 2 N–H and O–H groups in total. The standard InChI is InChI=1S/C21H30N4O3/c1-14(13-25-16(3)10-15(2)24-25)12-22-19(26)17-8-7-9-18(11-17)23-20(27)28-21(4,5)6/h7-11,14H,12-13H2,1-6H3,(H,22,26)(H,23,27)/t14-/m1/s1. The van der Waals surface area contributed by atoms with Crippen molar-refractivity contribution in [3.63, 3.8) is 0 Å². The Morgan fingerprint density at radius 1 is 1.21 bits per heavy atom. The SMILES string of the molecule is Cc1cc(C)n(C[C@H](C)CNC(=O)c2cccc(NC(=O)OC(C)(C)C)c2)n1. The number of rotatable bonds is 6. The molecule has 152 valence electrons. The second-order valence-corrected chi connectivity index (χ2v) is 8.13. The summed E-state index contributed by atoms with van der Waals surface area (Å²) in [5.74, 6) is 0.0399. The number of aromatic nitrogens is 2. The Kier molecular flexibility index (Phi) is 6.83. The Hall–Kier alpha value is -2.83. The van der Waals surface area contributed by atoms with Crippen LogP contribution < -0.4 is 10.6 Å². The van der Waals surface area contributed by atoms with Crippen molar-refractivity contribution < 1.29 is 14.3 Å². The highest BCUT2D eigenvalue weighted by Crippen LogP contribution is 2.14. The van der Waals surface area contributed by atoms with Crippen LogP contribution in [0.15, 0.2) is 30.3 Å². The molecule has 0 bridgehead atoms. The van der Waals surface area contributed by atoms with E-state index in [2.05, 4.69) is 22.7 Å². The minimum absolute atomic E-state index is 0.187. The molecule has 1 aromatic heterocycles. The number of nitrogens with one attached hydrogen (secondary N) is 2. The molecule has 7 heteroatoms. The first-order valence-electron chi connectivity index (χ1n) is 9.43. The molecular weight excluding hydrogens is 356 g/mol. The van der Waals surface area contributed by atoms with Gasteiger partial charge in [-0.2, -0.15) is 5.10 Å². The monoisotopic (exact) mass is 386 g/mol. The zero-order valence-corrected chi connectivity index (χ0v) is 17.5. The van der Waals surface area contributed by atoms with Gasteiger partial charge in [-0.05, 0) is 64.8 Å². The third kappa shape index (κ3) is 6.72. The fourth-order valence-corrected chi connectivity index (χ4v) is 2.75. The Balaban J connectivity index is 1.90. The summed E-state index contributed by atoms with van der Waals surface area (Å²) in [6, 6.07) is 8.81. The second kappa shape index (κ2) is 8.91. The van der Waals surface area contributed by atoms with Crippen molar-refractivity contribution in [1.29, 1.82) is 0 Å². The summed E-state index contributed by atoms with van der Waals surface area (Å²) in [6.45, 7) is 12.7. The predicted octanol–water partition coefficient (Wildman–Crippen LogP) is 3.91. The second-order valence-electron chi connectivity index (χ2n) is 8.13. The first-order valence-corrected chi connectivity index (χ1v) is 9.43. The van der Waals surface area contributed by atoms with Gasteiger partial charge in [-0.1, -0.05) is 13.0 Å². The summed E-state index contributed by atoms with van der Waals surface area (Å²) >= 11 is 0. The summed E-state index contributed by atoms with van der Waals surface area (Å²) in [5.41, 5.74) is 2.50. The molecule has 0 aliphatic rings. The lowest BCUT2D eigenvalue weighted by Crippen LogP contribution is -2.30. The number of aryl methyl sites for hydroxylation is 2. The minimum Gasteiger partial charge on any atom is -0.444 e. The molecule has 0 unspecified atom stereocenters. The van der Waals surface area contributed by atoms with Gasteiger partial charge in [0.05, 0.1) is 5.69 Å². The normalized spacial score (nSPS) is 12.4. The molecule has 0 spiro atoms. The maximum absolute atomic E-state index is 12.5. The van der Waals surface area contributed by atoms with Crippen molar-refractivity contribution in [3.05, 3.63) is 47.3 Å². The van der Waals surface area contributed by atoms with E-state index in [1.54, 1.807) is 45.0 Å². The molecule has 28 heavy (non-hydrogen) atoms. The zero-order chi connectivity index (χ0) is 20.9. The first-order chi connectivity index (χ1) is 13.0. The highest BCUT2D eigenvalue weighted by molar-refractivity contribution is 5.96. The van der Waals surface area contributed by atoms with E-state index in [1.807, 2.05) is 24.6 Å². The van der Waals surface area contributed by atoms with Gasteiger partial charge in [-0.25, -0.2) is 4.79 Å². The zero-order valence-electron chi connectivity index (χ0n) is 17.5. The van der Waals surface area contributed by atoms with Crippen LogP contribution in [0.4, 0.5) is 10.5 Å². The third-order valence-corrected chi connectivity index (χ3v) is 3.97. The minimum atomic E-state index is -0.583. The molecule has 1 aromatic carbocycles. The molecule has 0 saturated heterocycles. The number of amides is 2. The summed E-state index contributed by atoms with van der Waals surface area (Å²) in [5, 5.41) is 10.0. The molecule has 1 atom stereocenters. The molecule has 2 aromatic rings. The molecule has 0 aliphatic heterocycles. The number of benzene rings is 1. The van der Waals surface area contributed by atoms with Gasteiger partial charge in [0, 0.05) is 30.0 Å². The lowest BCUT2D eigenvalue weighted by Gasteiger charge is -2.19. The van der Waals surface area contributed by atoms with Crippen molar-refractivity contribution in [2.45, 2.75) is 53.7 Å². The number of carbonyl (C=O) groups is 2. The lowest BCUT2D eigenvalue weighted by molar-refractivity contribution is 0.0635. The van der Waals surface area contributed by atoms with Crippen molar-refractivity contribution >= 4 is 17.7 Å². The van der Waals surface area contributed by atoms with Crippen LogP contribution in [0.1, 0.15) is 49.4 Å². The topological polar surface area (TPSA) is 85.2 Å². The smallest absolute Gasteiger partial charge is 0.412 e. The molecular formula is C21H30N4O3. The van der Waals surface area contributed by atoms with Crippen molar-refractivity contribution in [3.8, 4) is 0 Å². The molecule has 0 radical (unpaired) electrons. The van der Waals surface area contributed by atoms with E-state index in [0.29, 0.717) is 17.8 Å². The Morgan fingerprint density at radius 2 is 1.93 bits per heavy atom. The molecule has 7 nitrogen and oxygen atoms in total. The molecule has 2 rings (SSSR count). The van der Waals surface area contributed by atoms with E-state index < -0.39 is 11.7 Å².